The lowest BCUT2D eigenvalue weighted by Crippen LogP contribution is -2.17. The van der Waals surface area contributed by atoms with Crippen LogP contribution in [-0.4, -0.2) is 28.8 Å². The van der Waals surface area contributed by atoms with Gasteiger partial charge in [-0.3, -0.25) is 9.78 Å². The summed E-state index contributed by atoms with van der Waals surface area (Å²) in [7, 11) is 0. The van der Waals surface area contributed by atoms with Crippen LogP contribution >= 0.6 is 31.9 Å². The summed E-state index contributed by atoms with van der Waals surface area (Å²) in [5.41, 5.74) is 3.51. The Morgan fingerprint density at radius 3 is 2.74 bits per heavy atom. The molecule has 120 valence electrons. The minimum atomic E-state index is -0.345. The van der Waals surface area contributed by atoms with Gasteiger partial charge < -0.3 is 9.84 Å². The number of nitrogens with zero attached hydrogens (tertiary/aromatic N) is 2. The number of rotatable bonds is 5. The number of pyridine rings is 1. The predicted octanol–water partition coefficient (Wildman–Crippen LogP) is 3.47. The Morgan fingerprint density at radius 1 is 1.39 bits per heavy atom. The lowest BCUT2D eigenvalue weighted by atomic mass is 10.2. The molecular weight excluding hydrogens is 430 g/mol. The monoisotopic (exact) mass is 441 g/mol. The fourth-order valence-electron chi connectivity index (χ4n) is 1.70. The standard InChI is InChI=1S/C15H13Br2N3O3/c1-2-23-11-7-10(12(16)13(17)14(11)21)8-19-20-15(22)9-3-5-18-6-4-9/h3-8,21H,2H2,1H3,(H,20,22). The maximum atomic E-state index is 11.9. The van der Waals surface area contributed by atoms with Gasteiger partial charge in [0.05, 0.1) is 17.3 Å². The van der Waals surface area contributed by atoms with Crippen molar-refractivity contribution in [2.75, 3.05) is 6.61 Å². The van der Waals surface area contributed by atoms with Gasteiger partial charge in [-0.1, -0.05) is 0 Å². The molecule has 0 fully saturated rings. The second-order valence-electron chi connectivity index (χ2n) is 4.31. The number of phenolic OH excluding ortho intramolecular Hbond substituents is 1. The van der Waals surface area contributed by atoms with Crippen LogP contribution in [0.2, 0.25) is 0 Å². The van der Waals surface area contributed by atoms with E-state index in [4.69, 9.17) is 4.74 Å². The van der Waals surface area contributed by atoms with Gasteiger partial charge in [-0.2, -0.15) is 5.10 Å². The number of hydrogen-bond acceptors (Lipinski definition) is 5. The average molecular weight is 443 g/mol. The molecule has 0 atom stereocenters. The molecule has 0 bridgehead atoms. The second kappa shape index (κ2) is 8.07. The number of ether oxygens (including phenoxy) is 1. The molecule has 1 amide bonds. The van der Waals surface area contributed by atoms with E-state index in [0.29, 0.717) is 32.4 Å². The average Bonchev–Trinajstić information content (AvgIpc) is 2.57. The zero-order valence-corrected chi connectivity index (χ0v) is 15.3. The summed E-state index contributed by atoms with van der Waals surface area (Å²) in [5.74, 6) is -0.0242. The van der Waals surface area contributed by atoms with Gasteiger partial charge in [-0.25, -0.2) is 5.43 Å². The van der Waals surface area contributed by atoms with E-state index in [1.54, 1.807) is 18.2 Å². The van der Waals surface area contributed by atoms with E-state index < -0.39 is 0 Å². The largest absolute Gasteiger partial charge is 0.503 e. The smallest absolute Gasteiger partial charge is 0.271 e. The number of hydrogen-bond donors (Lipinski definition) is 2. The van der Waals surface area contributed by atoms with Crippen LogP contribution in [0.3, 0.4) is 0 Å². The Hall–Kier alpha value is -1.93. The van der Waals surface area contributed by atoms with Crippen molar-refractivity contribution in [3.63, 3.8) is 0 Å². The second-order valence-corrected chi connectivity index (χ2v) is 5.89. The zero-order chi connectivity index (χ0) is 16.8. The van der Waals surface area contributed by atoms with Gasteiger partial charge in [0.25, 0.3) is 5.91 Å². The first-order valence-corrected chi connectivity index (χ1v) is 8.20. The van der Waals surface area contributed by atoms with Gasteiger partial charge in [-0.05, 0) is 57.0 Å². The number of aromatic hydroxyl groups is 1. The molecule has 0 unspecified atom stereocenters. The lowest BCUT2D eigenvalue weighted by Gasteiger charge is -2.10. The topological polar surface area (TPSA) is 83.8 Å². The third kappa shape index (κ3) is 4.29. The van der Waals surface area contributed by atoms with E-state index in [2.05, 4.69) is 47.4 Å². The molecule has 0 saturated carbocycles. The normalized spacial score (nSPS) is 10.7. The van der Waals surface area contributed by atoms with Crippen molar-refractivity contribution in [1.29, 1.82) is 0 Å². The number of hydrazone groups is 1. The van der Waals surface area contributed by atoms with Crippen molar-refractivity contribution in [2.24, 2.45) is 5.10 Å². The SMILES string of the molecule is CCOc1cc(C=NNC(=O)c2ccncc2)c(Br)c(Br)c1O. The van der Waals surface area contributed by atoms with Gasteiger partial charge in [-0.15, -0.1) is 0 Å². The highest BCUT2D eigenvalue weighted by Gasteiger charge is 2.14. The van der Waals surface area contributed by atoms with Crippen molar-refractivity contribution < 1.29 is 14.6 Å². The van der Waals surface area contributed by atoms with Gasteiger partial charge in [0.1, 0.15) is 0 Å². The third-order valence-corrected chi connectivity index (χ3v) is 4.94. The van der Waals surface area contributed by atoms with Crippen LogP contribution < -0.4 is 10.2 Å². The summed E-state index contributed by atoms with van der Waals surface area (Å²) in [6, 6.07) is 4.80. The highest BCUT2D eigenvalue weighted by molar-refractivity contribution is 9.13. The van der Waals surface area contributed by atoms with Crippen molar-refractivity contribution >= 4 is 44.0 Å². The van der Waals surface area contributed by atoms with Crippen molar-refractivity contribution in [3.8, 4) is 11.5 Å². The van der Waals surface area contributed by atoms with Crippen molar-refractivity contribution in [1.82, 2.24) is 10.4 Å². The van der Waals surface area contributed by atoms with Crippen LogP contribution in [0.5, 0.6) is 11.5 Å². The molecular formula is C15H13Br2N3O3. The summed E-state index contributed by atoms with van der Waals surface area (Å²) >= 11 is 6.63. The summed E-state index contributed by atoms with van der Waals surface area (Å²) in [5, 5.41) is 13.9. The highest BCUT2D eigenvalue weighted by Crippen LogP contribution is 2.41. The molecule has 0 aliphatic carbocycles. The van der Waals surface area contributed by atoms with Crippen molar-refractivity contribution in [2.45, 2.75) is 6.92 Å². The van der Waals surface area contributed by atoms with Gasteiger partial charge >= 0.3 is 0 Å². The molecule has 2 N–H and O–H groups in total. The maximum Gasteiger partial charge on any atom is 0.271 e. The van der Waals surface area contributed by atoms with Crippen LogP contribution in [0.4, 0.5) is 0 Å². The summed E-state index contributed by atoms with van der Waals surface area (Å²) in [4.78, 5) is 15.7. The zero-order valence-electron chi connectivity index (χ0n) is 12.1. The molecule has 1 aromatic heterocycles. The number of halogens is 2. The fraction of sp³-hybridized carbons (Fsp3) is 0.133. The molecule has 0 saturated heterocycles. The third-order valence-electron chi connectivity index (χ3n) is 2.79. The Morgan fingerprint density at radius 2 is 2.09 bits per heavy atom. The number of carbonyl (C=O) groups excluding carboxylic acids is 1. The summed E-state index contributed by atoms with van der Waals surface area (Å²) in [6.45, 7) is 2.23. The van der Waals surface area contributed by atoms with E-state index in [1.165, 1.54) is 18.6 Å². The van der Waals surface area contributed by atoms with Crippen LogP contribution in [0.15, 0.2) is 44.6 Å². The number of benzene rings is 1. The lowest BCUT2D eigenvalue weighted by molar-refractivity contribution is 0.0955. The molecule has 6 nitrogen and oxygen atoms in total. The van der Waals surface area contributed by atoms with Crippen molar-refractivity contribution in [3.05, 3.63) is 50.7 Å². The first kappa shape index (κ1) is 17.4. The Bertz CT molecular complexity index is 736. The van der Waals surface area contributed by atoms with E-state index in [9.17, 15) is 9.90 Å². The molecule has 2 rings (SSSR count). The first-order valence-electron chi connectivity index (χ1n) is 6.61. The number of amides is 1. The molecule has 2 aromatic rings. The summed E-state index contributed by atoms with van der Waals surface area (Å²) in [6.07, 6.45) is 4.51. The Balaban J connectivity index is 2.18. The van der Waals surface area contributed by atoms with Gasteiger partial charge in [0.2, 0.25) is 0 Å². The molecule has 1 aromatic carbocycles. The van der Waals surface area contributed by atoms with E-state index in [1.807, 2.05) is 6.92 Å². The van der Waals surface area contributed by atoms with Gasteiger partial charge in [0.15, 0.2) is 11.5 Å². The Kier molecular flexibility index (Phi) is 6.12. The maximum absolute atomic E-state index is 11.9. The van der Waals surface area contributed by atoms with E-state index in [-0.39, 0.29) is 11.7 Å². The van der Waals surface area contributed by atoms with Crippen LogP contribution in [0.1, 0.15) is 22.8 Å². The van der Waals surface area contributed by atoms with E-state index in [0.717, 1.165) is 0 Å². The number of carbonyl (C=O) groups is 1. The van der Waals surface area contributed by atoms with Crippen LogP contribution in [0.25, 0.3) is 0 Å². The predicted molar refractivity (Wildman–Crippen MR) is 94.0 cm³/mol. The molecule has 23 heavy (non-hydrogen) atoms. The fourth-order valence-corrected chi connectivity index (χ4v) is 2.53. The molecule has 0 aliphatic heterocycles. The van der Waals surface area contributed by atoms with Crippen LogP contribution in [-0.2, 0) is 0 Å². The van der Waals surface area contributed by atoms with E-state index >= 15 is 0 Å². The summed E-state index contributed by atoms with van der Waals surface area (Å²) < 4.78 is 6.40. The first-order chi connectivity index (χ1) is 11.0. The Labute approximate surface area is 149 Å². The molecule has 1 heterocycles. The van der Waals surface area contributed by atoms with Gasteiger partial charge in [0, 0.05) is 28.0 Å². The minimum absolute atomic E-state index is 0.00306. The van der Waals surface area contributed by atoms with Crippen LogP contribution in [0, 0.1) is 0 Å². The number of phenols is 1. The highest BCUT2D eigenvalue weighted by atomic mass is 79.9. The number of nitrogens with one attached hydrogen (secondary N) is 1. The molecule has 0 spiro atoms. The molecule has 8 heteroatoms. The quantitative estimate of drug-likeness (QED) is 0.548. The molecule has 0 aliphatic rings. The number of aromatic nitrogens is 1. The minimum Gasteiger partial charge on any atom is -0.503 e. The molecule has 0 radical (unpaired) electrons.